The molecule has 2 amide bonds. The number of rotatable bonds is 4. The van der Waals surface area contributed by atoms with Crippen LogP contribution in [0.4, 0.5) is 0 Å². The van der Waals surface area contributed by atoms with Crippen molar-refractivity contribution >= 4 is 23.2 Å². The van der Waals surface area contributed by atoms with Crippen LogP contribution in [0, 0.1) is 5.92 Å². The monoisotopic (exact) mass is 319 g/mol. The number of aromatic amines is 1. The molecule has 7 nitrogen and oxygen atoms in total. The van der Waals surface area contributed by atoms with E-state index in [4.69, 9.17) is 0 Å². The van der Waals surface area contributed by atoms with Gasteiger partial charge in [0.1, 0.15) is 5.69 Å². The highest BCUT2D eigenvalue weighted by molar-refractivity contribution is 7.12. The summed E-state index contributed by atoms with van der Waals surface area (Å²) in [5, 5.41) is 14.8. The SMILES string of the molecule is O=C(NCc1cn[nH]n1)C1CCCN(C(=O)c2cccs2)C1. The second-order valence-electron chi connectivity index (χ2n) is 5.25. The molecule has 1 fully saturated rings. The summed E-state index contributed by atoms with van der Waals surface area (Å²) in [4.78, 5) is 27.1. The Morgan fingerprint density at radius 3 is 3.14 bits per heavy atom. The molecule has 2 aromatic heterocycles. The molecule has 0 radical (unpaired) electrons. The van der Waals surface area contributed by atoms with Crippen molar-refractivity contribution in [3.63, 3.8) is 0 Å². The molecule has 0 saturated carbocycles. The number of hydrogen-bond donors (Lipinski definition) is 2. The van der Waals surface area contributed by atoms with Gasteiger partial charge in [0.25, 0.3) is 5.91 Å². The van der Waals surface area contributed by atoms with Gasteiger partial charge in [0.2, 0.25) is 5.91 Å². The molecular formula is C14H17N5O2S. The Balaban J connectivity index is 1.55. The van der Waals surface area contributed by atoms with Crippen molar-refractivity contribution in [1.29, 1.82) is 0 Å². The Kier molecular flexibility index (Phi) is 4.47. The second-order valence-corrected chi connectivity index (χ2v) is 6.19. The third-order valence-corrected chi connectivity index (χ3v) is 4.58. The van der Waals surface area contributed by atoms with Crippen molar-refractivity contribution in [2.24, 2.45) is 5.92 Å². The molecule has 0 aliphatic carbocycles. The molecule has 1 aliphatic rings. The molecule has 0 bridgehead atoms. The maximum absolute atomic E-state index is 12.4. The van der Waals surface area contributed by atoms with Crippen molar-refractivity contribution in [3.8, 4) is 0 Å². The average Bonchev–Trinajstić information content (AvgIpc) is 3.25. The summed E-state index contributed by atoms with van der Waals surface area (Å²) in [6.07, 6.45) is 3.23. The fraction of sp³-hybridized carbons (Fsp3) is 0.429. The highest BCUT2D eigenvalue weighted by atomic mass is 32.1. The number of thiophene rings is 1. The number of amides is 2. The lowest BCUT2D eigenvalue weighted by atomic mass is 9.97. The van der Waals surface area contributed by atoms with Gasteiger partial charge in [-0.25, -0.2) is 0 Å². The van der Waals surface area contributed by atoms with Crippen molar-refractivity contribution in [2.75, 3.05) is 13.1 Å². The van der Waals surface area contributed by atoms with E-state index in [2.05, 4.69) is 20.7 Å². The van der Waals surface area contributed by atoms with Gasteiger partial charge in [-0.2, -0.15) is 15.4 Å². The van der Waals surface area contributed by atoms with E-state index in [0.29, 0.717) is 25.3 Å². The molecule has 2 N–H and O–H groups in total. The first-order valence-electron chi connectivity index (χ1n) is 7.19. The number of carbonyl (C=O) groups is 2. The Hall–Kier alpha value is -2.22. The van der Waals surface area contributed by atoms with E-state index < -0.39 is 0 Å². The van der Waals surface area contributed by atoms with Crippen molar-refractivity contribution in [1.82, 2.24) is 25.6 Å². The van der Waals surface area contributed by atoms with E-state index >= 15 is 0 Å². The van der Waals surface area contributed by atoms with Crippen LogP contribution in [-0.2, 0) is 11.3 Å². The summed E-state index contributed by atoms with van der Waals surface area (Å²) in [5.41, 5.74) is 0.690. The van der Waals surface area contributed by atoms with E-state index in [1.165, 1.54) is 11.3 Å². The average molecular weight is 319 g/mol. The molecule has 0 spiro atoms. The molecule has 1 unspecified atom stereocenters. The third kappa shape index (κ3) is 3.33. The standard InChI is InChI=1S/C14H17N5O2S/c20-13(15-7-11-8-16-18-17-11)10-3-1-5-19(9-10)14(21)12-4-2-6-22-12/h2,4,6,8,10H,1,3,5,7,9H2,(H,15,20)(H,16,17,18). The number of carbonyl (C=O) groups excluding carboxylic acids is 2. The number of hydrogen-bond acceptors (Lipinski definition) is 5. The quantitative estimate of drug-likeness (QED) is 0.881. The van der Waals surface area contributed by atoms with E-state index in [1.54, 1.807) is 11.1 Å². The minimum atomic E-state index is -0.162. The number of nitrogens with zero attached hydrogens (tertiary/aromatic N) is 3. The molecule has 3 rings (SSSR count). The van der Waals surface area contributed by atoms with Gasteiger partial charge in [-0.15, -0.1) is 11.3 Å². The number of H-pyrrole nitrogens is 1. The molecule has 1 aliphatic heterocycles. The summed E-state index contributed by atoms with van der Waals surface area (Å²) in [7, 11) is 0. The lowest BCUT2D eigenvalue weighted by molar-refractivity contribution is -0.126. The van der Waals surface area contributed by atoms with E-state index in [9.17, 15) is 9.59 Å². The van der Waals surface area contributed by atoms with Gasteiger partial charge in [0, 0.05) is 13.1 Å². The summed E-state index contributed by atoms with van der Waals surface area (Å²) in [6, 6.07) is 3.69. The Morgan fingerprint density at radius 2 is 2.41 bits per heavy atom. The Bertz CT molecular complexity index is 626. The van der Waals surface area contributed by atoms with Crippen LogP contribution in [0.5, 0.6) is 0 Å². The van der Waals surface area contributed by atoms with Crippen LogP contribution in [0.15, 0.2) is 23.7 Å². The largest absolute Gasteiger partial charge is 0.350 e. The summed E-state index contributed by atoms with van der Waals surface area (Å²) >= 11 is 1.43. The van der Waals surface area contributed by atoms with Crippen LogP contribution >= 0.6 is 11.3 Å². The van der Waals surface area contributed by atoms with Gasteiger partial charge >= 0.3 is 0 Å². The van der Waals surface area contributed by atoms with Crippen LogP contribution in [0.2, 0.25) is 0 Å². The minimum Gasteiger partial charge on any atom is -0.350 e. The van der Waals surface area contributed by atoms with E-state index in [1.807, 2.05) is 17.5 Å². The molecule has 8 heteroatoms. The maximum atomic E-state index is 12.4. The maximum Gasteiger partial charge on any atom is 0.263 e. The van der Waals surface area contributed by atoms with Crippen LogP contribution in [0.1, 0.15) is 28.2 Å². The fourth-order valence-corrected chi connectivity index (χ4v) is 3.26. The first kappa shape index (κ1) is 14.7. The molecule has 1 saturated heterocycles. The van der Waals surface area contributed by atoms with Gasteiger partial charge in [-0.3, -0.25) is 9.59 Å². The summed E-state index contributed by atoms with van der Waals surface area (Å²) in [6.45, 7) is 1.54. The van der Waals surface area contributed by atoms with E-state index in [0.717, 1.165) is 17.7 Å². The van der Waals surface area contributed by atoms with Crippen molar-refractivity contribution < 1.29 is 9.59 Å². The zero-order chi connectivity index (χ0) is 15.4. The third-order valence-electron chi connectivity index (χ3n) is 3.72. The molecule has 0 aromatic carbocycles. The zero-order valence-corrected chi connectivity index (χ0v) is 12.8. The number of nitrogens with one attached hydrogen (secondary N) is 2. The van der Waals surface area contributed by atoms with Gasteiger partial charge in [0.15, 0.2) is 0 Å². The second kappa shape index (κ2) is 6.69. The highest BCUT2D eigenvalue weighted by Gasteiger charge is 2.29. The zero-order valence-electron chi connectivity index (χ0n) is 12.0. The predicted octanol–water partition coefficient (Wildman–Crippen LogP) is 1.03. The Labute approximate surface area is 131 Å². The van der Waals surface area contributed by atoms with Crippen LogP contribution in [-0.4, -0.2) is 45.2 Å². The highest BCUT2D eigenvalue weighted by Crippen LogP contribution is 2.20. The smallest absolute Gasteiger partial charge is 0.263 e. The molecule has 1 atom stereocenters. The lowest BCUT2D eigenvalue weighted by Crippen LogP contribution is -2.45. The molecule has 22 heavy (non-hydrogen) atoms. The molecular weight excluding hydrogens is 302 g/mol. The van der Waals surface area contributed by atoms with Gasteiger partial charge < -0.3 is 10.2 Å². The Morgan fingerprint density at radius 1 is 1.50 bits per heavy atom. The molecule has 116 valence electrons. The summed E-state index contributed by atoms with van der Waals surface area (Å²) < 4.78 is 0. The first-order chi connectivity index (χ1) is 10.7. The molecule has 2 aromatic rings. The minimum absolute atomic E-state index is 0.0176. The topological polar surface area (TPSA) is 91.0 Å². The van der Waals surface area contributed by atoms with Crippen molar-refractivity contribution in [2.45, 2.75) is 19.4 Å². The number of piperidine rings is 1. The molecule has 3 heterocycles. The normalized spacial score (nSPS) is 18.2. The summed E-state index contributed by atoms with van der Waals surface area (Å²) in [5.74, 6) is -0.180. The van der Waals surface area contributed by atoms with Crippen LogP contribution in [0.3, 0.4) is 0 Å². The van der Waals surface area contributed by atoms with Gasteiger partial charge in [0.05, 0.1) is 23.5 Å². The predicted molar refractivity (Wildman–Crippen MR) is 81.2 cm³/mol. The fourth-order valence-electron chi connectivity index (χ4n) is 2.56. The van der Waals surface area contributed by atoms with E-state index in [-0.39, 0.29) is 17.7 Å². The number of likely N-dealkylation sites (tertiary alicyclic amines) is 1. The first-order valence-corrected chi connectivity index (χ1v) is 8.07. The van der Waals surface area contributed by atoms with Gasteiger partial charge in [-0.05, 0) is 24.3 Å². The number of aromatic nitrogens is 3. The van der Waals surface area contributed by atoms with Crippen LogP contribution in [0.25, 0.3) is 0 Å². The van der Waals surface area contributed by atoms with Gasteiger partial charge in [-0.1, -0.05) is 6.07 Å². The van der Waals surface area contributed by atoms with Crippen molar-refractivity contribution in [3.05, 3.63) is 34.3 Å². The lowest BCUT2D eigenvalue weighted by Gasteiger charge is -2.31. The van der Waals surface area contributed by atoms with Crippen LogP contribution < -0.4 is 5.32 Å².